The highest BCUT2D eigenvalue weighted by atomic mass is 16.6. The number of nitrogens with one attached hydrogen (secondary N) is 2. The molecule has 18 heavy (non-hydrogen) atoms. The zero-order valence-electron chi connectivity index (χ0n) is 11.4. The van der Waals surface area contributed by atoms with Crippen LogP contribution >= 0.6 is 0 Å². The summed E-state index contributed by atoms with van der Waals surface area (Å²) >= 11 is 0. The van der Waals surface area contributed by atoms with Crippen molar-refractivity contribution in [3.05, 3.63) is 11.8 Å². The van der Waals surface area contributed by atoms with Gasteiger partial charge in [-0.25, -0.2) is 0 Å². The van der Waals surface area contributed by atoms with Crippen molar-refractivity contribution in [3.8, 4) is 5.95 Å². The van der Waals surface area contributed by atoms with Crippen molar-refractivity contribution in [2.45, 2.75) is 20.8 Å². The second-order valence-corrected chi connectivity index (χ2v) is 4.86. The van der Waals surface area contributed by atoms with Gasteiger partial charge in [0.25, 0.3) is 5.91 Å². The Labute approximate surface area is 107 Å². The van der Waals surface area contributed by atoms with E-state index in [9.17, 15) is 4.79 Å². The van der Waals surface area contributed by atoms with E-state index in [0.717, 1.165) is 13.1 Å². The van der Waals surface area contributed by atoms with Gasteiger partial charge >= 0.3 is 5.95 Å². The van der Waals surface area contributed by atoms with Crippen molar-refractivity contribution >= 4 is 5.91 Å². The molecule has 0 bridgehead atoms. The van der Waals surface area contributed by atoms with Gasteiger partial charge in [0, 0.05) is 13.1 Å². The van der Waals surface area contributed by atoms with E-state index in [0.29, 0.717) is 6.54 Å². The number of methoxy groups -OCH3 is 1. The van der Waals surface area contributed by atoms with Gasteiger partial charge in [0.15, 0.2) is 5.69 Å². The van der Waals surface area contributed by atoms with Crippen molar-refractivity contribution in [1.29, 1.82) is 0 Å². The molecule has 0 aliphatic rings. The Morgan fingerprint density at radius 3 is 2.78 bits per heavy atom. The van der Waals surface area contributed by atoms with Crippen LogP contribution in [0.3, 0.4) is 0 Å². The SMILES string of the molecule is CCNCC(C)(C)CNC(=O)c1cc(OC)on1. The summed E-state index contributed by atoms with van der Waals surface area (Å²) in [6.45, 7) is 8.53. The fraction of sp³-hybridized carbons (Fsp3) is 0.667. The second kappa shape index (κ2) is 6.39. The summed E-state index contributed by atoms with van der Waals surface area (Å²) in [6, 6.07) is 1.46. The minimum atomic E-state index is -0.258. The molecule has 0 fully saturated rings. The molecule has 6 heteroatoms. The Morgan fingerprint density at radius 1 is 1.50 bits per heavy atom. The summed E-state index contributed by atoms with van der Waals surface area (Å²) in [5.41, 5.74) is 0.213. The predicted molar refractivity (Wildman–Crippen MR) is 67.7 cm³/mol. The maximum atomic E-state index is 11.8. The zero-order valence-corrected chi connectivity index (χ0v) is 11.4. The normalized spacial score (nSPS) is 11.3. The fourth-order valence-electron chi connectivity index (χ4n) is 1.40. The van der Waals surface area contributed by atoms with Crippen molar-refractivity contribution in [2.75, 3.05) is 26.7 Å². The van der Waals surface area contributed by atoms with Gasteiger partial charge in [-0.2, -0.15) is 0 Å². The van der Waals surface area contributed by atoms with E-state index in [4.69, 9.17) is 9.26 Å². The van der Waals surface area contributed by atoms with Crippen LogP contribution in [0.4, 0.5) is 0 Å². The van der Waals surface area contributed by atoms with Crippen LogP contribution in [0.5, 0.6) is 5.95 Å². The first-order valence-electron chi connectivity index (χ1n) is 5.98. The molecule has 0 saturated heterocycles. The number of hydrogen-bond donors (Lipinski definition) is 2. The molecule has 0 unspecified atom stereocenters. The molecule has 1 rings (SSSR count). The molecule has 6 nitrogen and oxygen atoms in total. The van der Waals surface area contributed by atoms with Crippen molar-refractivity contribution in [2.24, 2.45) is 5.41 Å². The van der Waals surface area contributed by atoms with Crippen LogP contribution in [-0.2, 0) is 0 Å². The quantitative estimate of drug-likeness (QED) is 0.761. The molecule has 0 aliphatic carbocycles. The van der Waals surface area contributed by atoms with Crippen LogP contribution in [-0.4, -0.2) is 37.8 Å². The van der Waals surface area contributed by atoms with Gasteiger partial charge in [0.05, 0.1) is 13.2 Å². The molecule has 1 aromatic heterocycles. The minimum Gasteiger partial charge on any atom is -0.467 e. The second-order valence-electron chi connectivity index (χ2n) is 4.86. The maximum Gasteiger partial charge on any atom is 0.311 e. The van der Waals surface area contributed by atoms with E-state index >= 15 is 0 Å². The molecule has 102 valence electrons. The van der Waals surface area contributed by atoms with Gasteiger partial charge < -0.3 is 19.9 Å². The molecule has 0 saturated carbocycles. The first kappa shape index (κ1) is 14.5. The average molecular weight is 255 g/mol. The van der Waals surface area contributed by atoms with E-state index in [1.54, 1.807) is 0 Å². The molecule has 0 aliphatic heterocycles. The minimum absolute atomic E-state index is 0.0144. The third-order valence-electron chi connectivity index (χ3n) is 2.50. The smallest absolute Gasteiger partial charge is 0.311 e. The largest absolute Gasteiger partial charge is 0.467 e. The van der Waals surface area contributed by atoms with Crippen LogP contribution in [0.2, 0.25) is 0 Å². The topological polar surface area (TPSA) is 76.4 Å². The third-order valence-corrected chi connectivity index (χ3v) is 2.50. The van der Waals surface area contributed by atoms with Crippen LogP contribution < -0.4 is 15.4 Å². The maximum absolute atomic E-state index is 11.8. The zero-order chi connectivity index (χ0) is 13.6. The van der Waals surface area contributed by atoms with Gasteiger partial charge in [-0.05, 0) is 12.0 Å². The van der Waals surface area contributed by atoms with E-state index in [1.165, 1.54) is 13.2 Å². The number of amides is 1. The monoisotopic (exact) mass is 255 g/mol. The summed E-state index contributed by atoms with van der Waals surface area (Å²) in [4.78, 5) is 11.8. The summed E-state index contributed by atoms with van der Waals surface area (Å²) < 4.78 is 9.61. The number of ether oxygens (including phenoxy) is 1. The summed E-state index contributed by atoms with van der Waals surface area (Å²) in [5.74, 6) is -0.0290. The summed E-state index contributed by atoms with van der Waals surface area (Å²) in [6.07, 6.45) is 0. The molecule has 1 amide bonds. The fourth-order valence-corrected chi connectivity index (χ4v) is 1.40. The lowest BCUT2D eigenvalue weighted by Gasteiger charge is -2.24. The molecule has 0 spiro atoms. The summed E-state index contributed by atoms with van der Waals surface area (Å²) in [5, 5.41) is 9.71. The highest BCUT2D eigenvalue weighted by Gasteiger charge is 2.20. The number of carbonyl (C=O) groups is 1. The van der Waals surface area contributed by atoms with Crippen LogP contribution in [0.15, 0.2) is 10.6 Å². The lowest BCUT2D eigenvalue weighted by atomic mass is 9.93. The van der Waals surface area contributed by atoms with Crippen molar-refractivity contribution in [1.82, 2.24) is 15.8 Å². The van der Waals surface area contributed by atoms with Gasteiger partial charge in [-0.15, -0.1) is 0 Å². The molecular formula is C12H21N3O3. The van der Waals surface area contributed by atoms with E-state index in [-0.39, 0.29) is 23.0 Å². The Bertz CT molecular complexity index is 388. The van der Waals surface area contributed by atoms with Gasteiger partial charge in [0.1, 0.15) is 0 Å². The lowest BCUT2D eigenvalue weighted by Crippen LogP contribution is -2.40. The molecular weight excluding hydrogens is 234 g/mol. The molecule has 2 N–H and O–H groups in total. The number of aromatic nitrogens is 1. The molecule has 0 aromatic carbocycles. The van der Waals surface area contributed by atoms with Gasteiger partial charge in [-0.1, -0.05) is 25.9 Å². The Balaban J connectivity index is 2.45. The van der Waals surface area contributed by atoms with Gasteiger partial charge in [-0.3, -0.25) is 4.79 Å². The lowest BCUT2D eigenvalue weighted by molar-refractivity contribution is 0.0927. The van der Waals surface area contributed by atoms with E-state index in [2.05, 4.69) is 36.6 Å². The van der Waals surface area contributed by atoms with Crippen molar-refractivity contribution < 1.29 is 14.1 Å². The number of rotatable bonds is 7. The Hall–Kier alpha value is -1.56. The Morgan fingerprint density at radius 2 is 2.22 bits per heavy atom. The van der Waals surface area contributed by atoms with Crippen LogP contribution in [0.25, 0.3) is 0 Å². The van der Waals surface area contributed by atoms with E-state index < -0.39 is 0 Å². The predicted octanol–water partition coefficient (Wildman–Crippen LogP) is 1.05. The van der Waals surface area contributed by atoms with Gasteiger partial charge in [0.2, 0.25) is 0 Å². The third kappa shape index (κ3) is 4.37. The molecule has 0 atom stereocenters. The number of nitrogens with zero attached hydrogens (tertiary/aromatic N) is 1. The van der Waals surface area contributed by atoms with Crippen LogP contribution in [0.1, 0.15) is 31.3 Å². The molecule has 1 aromatic rings. The number of hydrogen-bond acceptors (Lipinski definition) is 5. The highest BCUT2D eigenvalue weighted by molar-refractivity contribution is 5.92. The standard InChI is InChI=1S/C12H21N3O3/c1-5-13-7-12(2,3)8-14-11(16)9-6-10(17-4)18-15-9/h6,13H,5,7-8H2,1-4H3,(H,14,16). The molecule has 1 heterocycles. The highest BCUT2D eigenvalue weighted by Crippen LogP contribution is 2.14. The first-order chi connectivity index (χ1) is 8.48. The average Bonchev–Trinajstić information content (AvgIpc) is 2.82. The van der Waals surface area contributed by atoms with Crippen molar-refractivity contribution in [3.63, 3.8) is 0 Å². The Kier molecular flexibility index (Phi) is 5.15. The van der Waals surface area contributed by atoms with E-state index in [1.807, 2.05) is 0 Å². The van der Waals surface area contributed by atoms with Crippen LogP contribution in [0, 0.1) is 5.41 Å². The number of carbonyl (C=O) groups excluding carboxylic acids is 1. The first-order valence-corrected chi connectivity index (χ1v) is 5.98. The molecule has 0 radical (unpaired) electrons. The summed E-state index contributed by atoms with van der Waals surface area (Å²) in [7, 11) is 1.46.